The zero-order chi connectivity index (χ0) is 14.6. The predicted octanol–water partition coefficient (Wildman–Crippen LogP) is -0.207. The number of nitrogens with one attached hydrogen (secondary N) is 2. The van der Waals surface area contributed by atoms with Gasteiger partial charge in [-0.25, -0.2) is 17.9 Å². The number of aliphatic hydroxyl groups is 1. The van der Waals surface area contributed by atoms with E-state index in [0.29, 0.717) is 0 Å². The van der Waals surface area contributed by atoms with Crippen LogP contribution >= 0.6 is 0 Å². The van der Waals surface area contributed by atoms with E-state index >= 15 is 0 Å². The fourth-order valence-electron chi connectivity index (χ4n) is 1.56. The fraction of sp³-hybridized carbons (Fsp3) is 0.600. The topological polar surface area (TPSA) is 132 Å². The first-order valence-corrected chi connectivity index (χ1v) is 7.17. The van der Waals surface area contributed by atoms with Crippen LogP contribution in [0.5, 0.6) is 0 Å². The van der Waals surface area contributed by atoms with Gasteiger partial charge in [-0.05, 0) is 12.3 Å². The van der Waals surface area contributed by atoms with E-state index in [4.69, 9.17) is 10.2 Å². The molecule has 1 atom stereocenters. The molecular formula is C10H17N3O5S. The highest BCUT2D eigenvalue weighted by molar-refractivity contribution is 7.89. The summed E-state index contributed by atoms with van der Waals surface area (Å²) in [6.07, 6.45) is 1.18. The number of carbonyl (C=O) groups is 1. The standard InChI is InChI=1S/C10H17N3O5S/c1-6(2)8(3-4-14)13-19(17,18)9-7(10(15)16)5-11-12-9/h5-6,8,13-14H,3-4H2,1-2H3,(H,11,12)(H,15,16). The predicted molar refractivity (Wildman–Crippen MR) is 66.2 cm³/mol. The summed E-state index contributed by atoms with van der Waals surface area (Å²) in [5.41, 5.74) is -0.418. The Labute approximate surface area is 110 Å². The van der Waals surface area contributed by atoms with E-state index in [2.05, 4.69) is 14.9 Å². The highest BCUT2D eigenvalue weighted by Crippen LogP contribution is 2.15. The summed E-state index contributed by atoms with van der Waals surface area (Å²) >= 11 is 0. The van der Waals surface area contributed by atoms with Gasteiger partial charge in [0.25, 0.3) is 10.0 Å². The number of aromatic carboxylic acids is 1. The van der Waals surface area contributed by atoms with Crippen molar-refractivity contribution < 1.29 is 23.4 Å². The Bertz CT molecular complexity index is 537. The number of nitrogens with zero attached hydrogens (tertiary/aromatic N) is 1. The molecule has 0 radical (unpaired) electrons. The van der Waals surface area contributed by atoms with Crippen LogP contribution < -0.4 is 4.72 Å². The lowest BCUT2D eigenvalue weighted by atomic mass is 10.0. The normalized spacial score (nSPS) is 13.7. The lowest BCUT2D eigenvalue weighted by Gasteiger charge is -2.20. The minimum absolute atomic E-state index is 0.0434. The van der Waals surface area contributed by atoms with Crippen molar-refractivity contribution in [3.05, 3.63) is 11.8 Å². The van der Waals surface area contributed by atoms with Crippen LogP contribution in [0.4, 0.5) is 0 Å². The second-order valence-electron chi connectivity index (χ2n) is 4.40. The molecule has 8 nitrogen and oxygen atoms in total. The van der Waals surface area contributed by atoms with E-state index in [1.807, 2.05) is 0 Å². The van der Waals surface area contributed by atoms with Gasteiger partial charge in [0.15, 0.2) is 5.03 Å². The second kappa shape index (κ2) is 6.13. The summed E-state index contributed by atoms with van der Waals surface area (Å²) < 4.78 is 26.5. The number of rotatable bonds is 7. The molecule has 0 aliphatic carbocycles. The molecule has 19 heavy (non-hydrogen) atoms. The van der Waals surface area contributed by atoms with Crippen molar-refractivity contribution in [3.8, 4) is 0 Å². The summed E-state index contributed by atoms with van der Waals surface area (Å²) in [6.45, 7) is 3.43. The summed E-state index contributed by atoms with van der Waals surface area (Å²) in [4.78, 5) is 10.9. The molecule has 1 heterocycles. The third-order valence-electron chi connectivity index (χ3n) is 2.65. The highest BCUT2D eigenvalue weighted by atomic mass is 32.2. The van der Waals surface area contributed by atoms with Gasteiger partial charge in [-0.15, -0.1) is 0 Å². The SMILES string of the molecule is CC(C)C(CCO)NS(=O)(=O)c1[nH]ncc1C(=O)O. The maximum atomic E-state index is 12.1. The van der Waals surface area contributed by atoms with Crippen molar-refractivity contribution in [2.24, 2.45) is 5.92 Å². The van der Waals surface area contributed by atoms with E-state index in [1.54, 1.807) is 13.8 Å². The number of aromatic amines is 1. The Hall–Kier alpha value is -1.45. The molecule has 0 amide bonds. The first kappa shape index (κ1) is 15.6. The maximum Gasteiger partial charge on any atom is 0.340 e. The number of carboxylic acid groups (broad SMARTS) is 1. The molecule has 1 unspecified atom stereocenters. The Morgan fingerprint density at radius 2 is 2.16 bits per heavy atom. The second-order valence-corrected chi connectivity index (χ2v) is 6.05. The molecule has 9 heteroatoms. The Balaban J connectivity index is 3.03. The summed E-state index contributed by atoms with van der Waals surface area (Å²) in [6, 6.07) is -0.486. The van der Waals surface area contributed by atoms with Gasteiger partial charge in [0.1, 0.15) is 5.56 Å². The molecular weight excluding hydrogens is 274 g/mol. The van der Waals surface area contributed by atoms with E-state index < -0.39 is 32.6 Å². The van der Waals surface area contributed by atoms with Gasteiger partial charge in [-0.2, -0.15) is 5.10 Å². The van der Waals surface area contributed by atoms with Crippen molar-refractivity contribution in [2.75, 3.05) is 6.61 Å². The monoisotopic (exact) mass is 291 g/mol. The van der Waals surface area contributed by atoms with Crippen LogP contribution in [0, 0.1) is 5.92 Å². The molecule has 0 spiro atoms. The third kappa shape index (κ3) is 3.75. The van der Waals surface area contributed by atoms with Gasteiger partial charge in [-0.1, -0.05) is 13.8 Å². The number of hydrogen-bond acceptors (Lipinski definition) is 5. The van der Waals surface area contributed by atoms with Gasteiger partial charge in [0, 0.05) is 12.6 Å². The molecule has 4 N–H and O–H groups in total. The minimum Gasteiger partial charge on any atom is -0.478 e. The van der Waals surface area contributed by atoms with Gasteiger partial charge < -0.3 is 10.2 Å². The van der Waals surface area contributed by atoms with Crippen LogP contribution in [0.1, 0.15) is 30.6 Å². The molecule has 1 rings (SSSR count). The summed E-state index contributed by atoms with van der Waals surface area (Å²) in [7, 11) is -4.02. The average Bonchev–Trinajstić information content (AvgIpc) is 2.77. The number of sulfonamides is 1. The average molecular weight is 291 g/mol. The third-order valence-corrected chi connectivity index (χ3v) is 4.12. The van der Waals surface area contributed by atoms with E-state index in [0.717, 1.165) is 6.20 Å². The van der Waals surface area contributed by atoms with E-state index in [-0.39, 0.29) is 18.9 Å². The molecule has 0 saturated heterocycles. The first-order chi connectivity index (χ1) is 8.79. The Kier molecular flexibility index (Phi) is 5.04. The summed E-state index contributed by atoms with van der Waals surface area (Å²) in [5, 5.41) is 22.9. The molecule has 0 saturated carbocycles. The molecule has 0 aliphatic heterocycles. The van der Waals surface area contributed by atoms with Crippen molar-refractivity contribution in [3.63, 3.8) is 0 Å². The van der Waals surface area contributed by atoms with E-state index in [1.165, 1.54) is 0 Å². The zero-order valence-electron chi connectivity index (χ0n) is 10.6. The van der Waals surface area contributed by atoms with E-state index in [9.17, 15) is 13.2 Å². The Morgan fingerprint density at radius 3 is 2.63 bits per heavy atom. The molecule has 0 bridgehead atoms. The largest absolute Gasteiger partial charge is 0.478 e. The quantitative estimate of drug-likeness (QED) is 0.549. The molecule has 0 fully saturated rings. The molecule has 108 valence electrons. The van der Waals surface area contributed by atoms with Crippen molar-refractivity contribution in [1.82, 2.24) is 14.9 Å². The molecule has 1 aromatic rings. The number of aliphatic hydroxyl groups excluding tert-OH is 1. The number of aromatic nitrogens is 2. The zero-order valence-corrected chi connectivity index (χ0v) is 11.4. The van der Waals surface area contributed by atoms with Gasteiger partial charge in [0.05, 0.1) is 6.20 Å². The smallest absolute Gasteiger partial charge is 0.340 e. The van der Waals surface area contributed by atoms with Crippen molar-refractivity contribution in [2.45, 2.75) is 31.3 Å². The fourth-order valence-corrected chi connectivity index (χ4v) is 3.07. The maximum absolute atomic E-state index is 12.1. The summed E-state index contributed by atoms with van der Waals surface area (Å²) in [5.74, 6) is -1.42. The highest BCUT2D eigenvalue weighted by Gasteiger charge is 2.28. The van der Waals surface area contributed by atoms with Crippen LogP contribution in [0.3, 0.4) is 0 Å². The van der Waals surface area contributed by atoms with Crippen LogP contribution in [0.25, 0.3) is 0 Å². The molecule has 0 aromatic carbocycles. The Morgan fingerprint density at radius 1 is 1.53 bits per heavy atom. The number of hydrogen-bond donors (Lipinski definition) is 4. The molecule has 0 aliphatic rings. The first-order valence-electron chi connectivity index (χ1n) is 5.69. The van der Waals surface area contributed by atoms with Crippen molar-refractivity contribution >= 4 is 16.0 Å². The number of carboxylic acids is 1. The van der Waals surface area contributed by atoms with Crippen molar-refractivity contribution in [1.29, 1.82) is 0 Å². The van der Waals surface area contributed by atoms with Crippen LogP contribution in [-0.2, 0) is 10.0 Å². The van der Waals surface area contributed by atoms with Crippen LogP contribution in [-0.4, -0.2) is 47.4 Å². The lowest BCUT2D eigenvalue weighted by molar-refractivity contribution is 0.0692. The molecule has 1 aromatic heterocycles. The lowest BCUT2D eigenvalue weighted by Crippen LogP contribution is -2.39. The minimum atomic E-state index is -4.02. The van der Waals surface area contributed by atoms with Gasteiger partial charge >= 0.3 is 5.97 Å². The van der Waals surface area contributed by atoms with Crippen LogP contribution in [0.15, 0.2) is 11.2 Å². The van der Waals surface area contributed by atoms with Gasteiger partial charge in [-0.3, -0.25) is 5.10 Å². The van der Waals surface area contributed by atoms with Crippen LogP contribution in [0.2, 0.25) is 0 Å². The van der Waals surface area contributed by atoms with Gasteiger partial charge in [0.2, 0.25) is 0 Å². The number of H-pyrrole nitrogens is 1.